The average molecular weight is 295 g/mol. The topological polar surface area (TPSA) is 46.2 Å². The second-order valence-corrected chi connectivity index (χ2v) is 6.69. The molecule has 1 aromatic rings. The Kier molecular flexibility index (Phi) is 4.63. The largest absolute Gasteiger partial charge is 0.416 e. The minimum atomic E-state index is -4.56. The van der Waals surface area contributed by atoms with Gasteiger partial charge >= 0.3 is 6.18 Å². The third kappa shape index (κ3) is 4.83. The third-order valence-electron chi connectivity index (χ3n) is 2.44. The van der Waals surface area contributed by atoms with Gasteiger partial charge in [0.1, 0.15) is 0 Å². The zero-order valence-electron chi connectivity index (χ0n) is 10.9. The van der Waals surface area contributed by atoms with Crippen molar-refractivity contribution in [2.24, 2.45) is 0 Å². The lowest BCUT2D eigenvalue weighted by Crippen LogP contribution is -2.22. The molecule has 0 aromatic heterocycles. The Morgan fingerprint density at radius 2 is 1.79 bits per heavy atom. The Balaban J connectivity index is 3.25. The number of rotatable bonds is 4. The molecule has 7 heteroatoms. The molecule has 0 heterocycles. The fraction of sp³-hybridized carbons (Fsp3) is 0.500. The number of nitrogens with one attached hydrogen (secondary N) is 1. The van der Waals surface area contributed by atoms with E-state index in [-0.39, 0.29) is 17.5 Å². The molecule has 0 radical (unpaired) electrons. The maximum atomic E-state index is 12.7. The summed E-state index contributed by atoms with van der Waals surface area (Å²) >= 11 is 0. The van der Waals surface area contributed by atoms with Gasteiger partial charge in [-0.15, -0.1) is 0 Å². The van der Waals surface area contributed by atoms with Crippen LogP contribution >= 0.6 is 0 Å². The highest BCUT2D eigenvalue weighted by molar-refractivity contribution is 7.90. The number of alkyl halides is 3. The van der Waals surface area contributed by atoms with Crippen LogP contribution in [0.5, 0.6) is 0 Å². The Morgan fingerprint density at radius 3 is 2.21 bits per heavy atom. The Hall–Kier alpha value is -1.08. The van der Waals surface area contributed by atoms with Gasteiger partial charge in [-0.25, -0.2) is 8.42 Å². The maximum absolute atomic E-state index is 12.7. The highest BCUT2D eigenvalue weighted by Gasteiger charge is 2.32. The Morgan fingerprint density at radius 1 is 1.21 bits per heavy atom. The molecule has 0 fully saturated rings. The van der Waals surface area contributed by atoms with Crippen LogP contribution in [0, 0.1) is 0 Å². The quantitative estimate of drug-likeness (QED) is 0.928. The first-order valence-corrected chi connectivity index (χ1v) is 7.54. The van der Waals surface area contributed by atoms with E-state index in [4.69, 9.17) is 0 Å². The summed E-state index contributed by atoms with van der Waals surface area (Å²) in [5.41, 5.74) is -0.653. The van der Waals surface area contributed by atoms with Crippen molar-refractivity contribution >= 4 is 9.84 Å². The number of halogens is 3. The van der Waals surface area contributed by atoms with E-state index < -0.39 is 21.6 Å². The first-order chi connectivity index (χ1) is 8.50. The van der Waals surface area contributed by atoms with Gasteiger partial charge in [-0.3, -0.25) is 0 Å². The summed E-state index contributed by atoms with van der Waals surface area (Å²) < 4.78 is 61.0. The summed E-state index contributed by atoms with van der Waals surface area (Å²) in [5, 5.41) is 2.96. The first kappa shape index (κ1) is 16.0. The summed E-state index contributed by atoms with van der Waals surface area (Å²) in [6.07, 6.45) is -3.67. The lowest BCUT2D eigenvalue weighted by Gasteiger charge is -2.13. The van der Waals surface area contributed by atoms with Gasteiger partial charge in [-0.05, 0) is 23.8 Å². The molecule has 0 aliphatic rings. The van der Waals surface area contributed by atoms with Crippen LogP contribution in [0.2, 0.25) is 0 Å². The van der Waals surface area contributed by atoms with Crippen molar-refractivity contribution in [2.45, 2.75) is 37.5 Å². The number of hydrogen-bond acceptors (Lipinski definition) is 3. The van der Waals surface area contributed by atoms with Crippen LogP contribution in [-0.4, -0.2) is 20.7 Å². The number of sulfone groups is 1. The van der Waals surface area contributed by atoms with E-state index >= 15 is 0 Å². The lowest BCUT2D eigenvalue weighted by molar-refractivity contribution is -0.137. The highest BCUT2D eigenvalue weighted by Crippen LogP contribution is 2.31. The van der Waals surface area contributed by atoms with Crippen LogP contribution in [0.1, 0.15) is 25.0 Å². The molecule has 0 spiro atoms. The third-order valence-corrected chi connectivity index (χ3v) is 3.53. The molecular weight excluding hydrogens is 279 g/mol. The van der Waals surface area contributed by atoms with E-state index in [1.807, 2.05) is 13.8 Å². The molecule has 0 saturated carbocycles. The van der Waals surface area contributed by atoms with Crippen molar-refractivity contribution in [1.82, 2.24) is 5.32 Å². The zero-order chi connectivity index (χ0) is 14.8. The molecule has 0 amide bonds. The minimum Gasteiger partial charge on any atom is -0.310 e. The van der Waals surface area contributed by atoms with Gasteiger partial charge in [-0.1, -0.05) is 13.8 Å². The molecule has 1 rings (SSSR count). The molecule has 0 aliphatic heterocycles. The summed E-state index contributed by atoms with van der Waals surface area (Å²) in [6, 6.07) is 2.98. The number of hydrogen-bond donors (Lipinski definition) is 1. The summed E-state index contributed by atoms with van der Waals surface area (Å²) in [7, 11) is -3.67. The Bertz CT molecular complexity index is 551. The van der Waals surface area contributed by atoms with E-state index in [0.29, 0.717) is 11.6 Å². The summed E-state index contributed by atoms with van der Waals surface area (Å²) in [4.78, 5) is -0.317. The van der Waals surface area contributed by atoms with Crippen LogP contribution in [0.3, 0.4) is 0 Å². The van der Waals surface area contributed by atoms with E-state index in [0.717, 1.165) is 12.3 Å². The van der Waals surface area contributed by atoms with Gasteiger partial charge in [0.2, 0.25) is 0 Å². The van der Waals surface area contributed by atoms with Crippen LogP contribution in [-0.2, 0) is 22.6 Å². The zero-order valence-corrected chi connectivity index (χ0v) is 11.7. The van der Waals surface area contributed by atoms with Crippen LogP contribution in [0.25, 0.3) is 0 Å². The van der Waals surface area contributed by atoms with Crippen molar-refractivity contribution in [3.8, 4) is 0 Å². The molecule has 0 unspecified atom stereocenters. The van der Waals surface area contributed by atoms with Gasteiger partial charge in [-0.2, -0.15) is 13.2 Å². The fourth-order valence-electron chi connectivity index (χ4n) is 1.46. The number of benzene rings is 1. The van der Waals surface area contributed by atoms with Crippen LogP contribution in [0.4, 0.5) is 13.2 Å². The van der Waals surface area contributed by atoms with Gasteiger partial charge in [0.15, 0.2) is 9.84 Å². The minimum absolute atomic E-state index is 0.0937. The van der Waals surface area contributed by atoms with E-state index in [2.05, 4.69) is 5.32 Å². The molecular formula is C12H16F3NO2S. The normalized spacial score (nSPS) is 13.0. The predicted molar refractivity (Wildman–Crippen MR) is 66.5 cm³/mol. The van der Waals surface area contributed by atoms with Crippen molar-refractivity contribution < 1.29 is 21.6 Å². The highest BCUT2D eigenvalue weighted by atomic mass is 32.2. The molecule has 1 N–H and O–H groups in total. The molecule has 0 bridgehead atoms. The van der Waals surface area contributed by atoms with Crippen molar-refractivity contribution in [2.75, 3.05) is 6.26 Å². The van der Waals surface area contributed by atoms with Gasteiger partial charge in [0, 0.05) is 18.8 Å². The summed E-state index contributed by atoms with van der Waals surface area (Å²) in [5.74, 6) is 0. The van der Waals surface area contributed by atoms with E-state index in [9.17, 15) is 21.6 Å². The summed E-state index contributed by atoms with van der Waals surface area (Å²) in [6.45, 7) is 3.89. The van der Waals surface area contributed by atoms with Gasteiger partial charge < -0.3 is 5.32 Å². The molecule has 108 valence electrons. The molecule has 0 aliphatic carbocycles. The molecule has 0 atom stereocenters. The molecule has 1 aromatic carbocycles. The smallest absolute Gasteiger partial charge is 0.310 e. The van der Waals surface area contributed by atoms with E-state index in [1.165, 1.54) is 6.07 Å². The second kappa shape index (κ2) is 5.50. The fourth-order valence-corrected chi connectivity index (χ4v) is 2.17. The standard InChI is InChI=1S/C12H16F3NO2S/c1-8(2)16-7-9-4-10(12(13,14)15)6-11(5-9)19(3,17)18/h4-6,8,16H,7H2,1-3H3. The monoisotopic (exact) mass is 295 g/mol. The van der Waals surface area contributed by atoms with Gasteiger partial charge in [0.05, 0.1) is 10.5 Å². The molecule has 3 nitrogen and oxygen atoms in total. The average Bonchev–Trinajstić information content (AvgIpc) is 2.23. The SMILES string of the molecule is CC(C)NCc1cc(C(F)(F)F)cc(S(C)(=O)=O)c1. The predicted octanol–water partition coefficient (Wildman–Crippen LogP) is 2.61. The van der Waals surface area contributed by atoms with Gasteiger partial charge in [0.25, 0.3) is 0 Å². The second-order valence-electron chi connectivity index (χ2n) is 4.67. The molecule has 19 heavy (non-hydrogen) atoms. The Labute approximate surface area is 110 Å². The van der Waals surface area contributed by atoms with Crippen LogP contribution in [0.15, 0.2) is 23.1 Å². The van der Waals surface area contributed by atoms with Crippen molar-refractivity contribution in [1.29, 1.82) is 0 Å². The van der Waals surface area contributed by atoms with E-state index in [1.54, 1.807) is 0 Å². The van der Waals surface area contributed by atoms with Crippen molar-refractivity contribution in [3.05, 3.63) is 29.3 Å². The molecule has 0 saturated heterocycles. The van der Waals surface area contributed by atoms with Crippen LogP contribution < -0.4 is 5.32 Å². The van der Waals surface area contributed by atoms with Crippen molar-refractivity contribution in [3.63, 3.8) is 0 Å². The first-order valence-electron chi connectivity index (χ1n) is 5.65. The maximum Gasteiger partial charge on any atom is 0.416 e. The lowest BCUT2D eigenvalue weighted by atomic mass is 10.1.